The van der Waals surface area contributed by atoms with Crippen molar-refractivity contribution in [3.8, 4) is 0 Å². The second kappa shape index (κ2) is 8.34. The fraction of sp³-hybridized carbons (Fsp3) is 0.179. The molecule has 1 N–H and O–H groups in total. The van der Waals surface area contributed by atoms with Crippen LogP contribution in [-0.4, -0.2) is 40.4 Å². The van der Waals surface area contributed by atoms with Gasteiger partial charge in [0.05, 0.1) is 17.9 Å². The van der Waals surface area contributed by atoms with E-state index in [-0.39, 0.29) is 18.3 Å². The highest BCUT2D eigenvalue weighted by atomic mass is 19.1. The van der Waals surface area contributed by atoms with Gasteiger partial charge in [0.2, 0.25) is 0 Å². The Labute approximate surface area is 206 Å². The summed E-state index contributed by atoms with van der Waals surface area (Å²) in [4.78, 5) is 45.7. The Morgan fingerprint density at radius 1 is 1.03 bits per heavy atom. The smallest absolute Gasteiger partial charge is 0.338 e. The van der Waals surface area contributed by atoms with Crippen LogP contribution < -0.4 is 4.90 Å². The number of aromatic amines is 1. The van der Waals surface area contributed by atoms with Crippen molar-refractivity contribution < 1.29 is 23.5 Å². The minimum Gasteiger partial charge on any atom is -0.462 e. The first kappa shape index (κ1) is 22.0. The van der Waals surface area contributed by atoms with Crippen molar-refractivity contribution in [3.05, 3.63) is 101 Å². The van der Waals surface area contributed by atoms with E-state index < -0.39 is 24.1 Å². The maximum atomic E-state index is 13.8. The molecule has 0 radical (unpaired) electrons. The van der Waals surface area contributed by atoms with Gasteiger partial charge in [0.1, 0.15) is 17.9 Å². The Balaban J connectivity index is 1.44. The van der Waals surface area contributed by atoms with E-state index in [2.05, 4.69) is 4.98 Å². The van der Waals surface area contributed by atoms with E-state index >= 15 is 0 Å². The first-order valence-corrected chi connectivity index (χ1v) is 11.8. The molecular formula is C28H22FN3O4. The Morgan fingerprint density at radius 3 is 2.47 bits per heavy atom. The third-order valence-corrected chi connectivity index (χ3v) is 6.87. The molecule has 2 atom stereocenters. The van der Waals surface area contributed by atoms with Crippen molar-refractivity contribution in [1.29, 1.82) is 0 Å². The lowest BCUT2D eigenvalue weighted by atomic mass is 9.89. The molecule has 36 heavy (non-hydrogen) atoms. The summed E-state index contributed by atoms with van der Waals surface area (Å²) in [6.45, 7) is 1.97. The van der Waals surface area contributed by atoms with Crippen LogP contribution in [0.25, 0.3) is 10.9 Å². The number of nitrogens with one attached hydrogen (secondary N) is 1. The summed E-state index contributed by atoms with van der Waals surface area (Å²) in [6.07, 6.45) is 0.360. The predicted octanol–water partition coefficient (Wildman–Crippen LogP) is 4.97. The van der Waals surface area contributed by atoms with Crippen LogP contribution in [-0.2, 0) is 16.0 Å². The number of ether oxygens (including phenoxy) is 1. The molecule has 0 saturated carbocycles. The molecule has 2 aliphatic heterocycles. The number of imide groups is 1. The maximum absolute atomic E-state index is 13.8. The fourth-order valence-electron chi connectivity index (χ4n) is 5.26. The summed E-state index contributed by atoms with van der Waals surface area (Å²) >= 11 is 0. The average Bonchev–Trinajstić information content (AvgIpc) is 3.38. The van der Waals surface area contributed by atoms with Gasteiger partial charge in [-0.15, -0.1) is 0 Å². The van der Waals surface area contributed by atoms with Crippen LogP contribution in [0.1, 0.15) is 40.1 Å². The molecule has 3 aromatic carbocycles. The number of carbonyl (C=O) groups excluding carboxylic acids is 3. The number of amides is 3. The number of H-pyrrole nitrogens is 1. The molecule has 3 heterocycles. The molecular weight excluding hydrogens is 461 g/mol. The van der Waals surface area contributed by atoms with Crippen LogP contribution in [0, 0.1) is 5.82 Å². The van der Waals surface area contributed by atoms with Crippen molar-refractivity contribution in [3.63, 3.8) is 0 Å². The molecule has 4 aromatic rings. The first-order chi connectivity index (χ1) is 17.5. The second-order valence-electron chi connectivity index (χ2n) is 8.87. The molecule has 0 aliphatic carbocycles. The van der Waals surface area contributed by atoms with Crippen molar-refractivity contribution in [2.24, 2.45) is 0 Å². The van der Waals surface area contributed by atoms with Gasteiger partial charge in [-0.3, -0.25) is 9.69 Å². The standard InChI is InChI=1S/C28H22FN3O4/c1-2-36-27(34)17-9-13-19(14-10-17)31-26(33)23-15-21-20-5-3-4-6-22(20)30-24(21)25(32(23)28(31)35)16-7-11-18(29)12-8-16/h3-14,23,25,30H,2,15H2,1H3/t23-,25+/m0/s1. The quantitative estimate of drug-likeness (QED) is 0.328. The molecule has 8 heteroatoms. The normalized spacial score (nSPS) is 18.9. The second-order valence-corrected chi connectivity index (χ2v) is 8.87. The zero-order valence-corrected chi connectivity index (χ0v) is 19.4. The van der Waals surface area contributed by atoms with Gasteiger partial charge >= 0.3 is 12.0 Å². The van der Waals surface area contributed by atoms with Crippen LogP contribution in [0.3, 0.4) is 0 Å². The highest BCUT2D eigenvalue weighted by molar-refractivity contribution is 6.22. The Hall–Kier alpha value is -4.46. The summed E-state index contributed by atoms with van der Waals surface area (Å²) < 4.78 is 18.8. The fourth-order valence-corrected chi connectivity index (χ4v) is 5.26. The van der Waals surface area contributed by atoms with Crippen molar-refractivity contribution >= 4 is 34.5 Å². The van der Waals surface area contributed by atoms with Crippen LogP contribution >= 0.6 is 0 Å². The number of hydrogen-bond acceptors (Lipinski definition) is 4. The number of aromatic nitrogens is 1. The lowest BCUT2D eigenvalue weighted by molar-refractivity contribution is -0.120. The number of fused-ring (bicyclic) bond motifs is 4. The Morgan fingerprint density at radius 2 is 1.75 bits per heavy atom. The minimum atomic E-state index is -0.719. The molecule has 1 saturated heterocycles. The summed E-state index contributed by atoms with van der Waals surface area (Å²) in [6, 6.07) is 18.3. The molecule has 3 amide bonds. The van der Waals surface area contributed by atoms with Crippen LogP contribution in [0.15, 0.2) is 72.8 Å². The lowest BCUT2D eigenvalue weighted by Crippen LogP contribution is -2.44. The van der Waals surface area contributed by atoms with Crippen molar-refractivity contribution in [2.75, 3.05) is 11.5 Å². The molecule has 1 fully saturated rings. The Bertz CT molecular complexity index is 1510. The van der Waals surface area contributed by atoms with Gasteiger partial charge in [-0.2, -0.15) is 0 Å². The molecule has 1 aromatic heterocycles. The number of halogens is 1. The van der Waals surface area contributed by atoms with Crippen LogP contribution in [0.4, 0.5) is 14.9 Å². The largest absolute Gasteiger partial charge is 0.462 e. The minimum absolute atomic E-state index is 0.250. The van der Waals surface area contributed by atoms with E-state index in [1.807, 2.05) is 24.3 Å². The number of esters is 1. The number of nitrogens with zero attached hydrogens (tertiary/aromatic N) is 2. The molecule has 0 bridgehead atoms. The number of carbonyl (C=O) groups is 3. The highest BCUT2D eigenvalue weighted by Gasteiger charge is 2.53. The van der Waals surface area contributed by atoms with Crippen LogP contribution in [0.5, 0.6) is 0 Å². The summed E-state index contributed by atoms with van der Waals surface area (Å²) in [5.41, 5.74) is 4.13. The van der Waals surface area contributed by atoms with Gasteiger partial charge in [0.15, 0.2) is 0 Å². The number of urea groups is 1. The van der Waals surface area contributed by atoms with E-state index in [0.29, 0.717) is 23.2 Å². The zero-order valence-electron chi connectivity index (χ0n) is 19.4. The maximum Gasteiger partial charge on any atom is 0.338 e. The van der Waals surface area contributed by atoms with Crippen molar-refractivity contribution in [1.82, 2.24) is 9.88 Å². The predicted molar refractivity (Wildman–Crippen MR) is 131 cm³/mol. The monoisotopic (exact) mass is 483 g/mol. The van der Waals surface area contributed by atoms with E-state index in [0.717, 1.165) is 27.1 Å². The van der Waals surface area contributed by atoms with Crippen molar-refractivity contribution in [2.45, 2.75) is 25.4 Å². The SMILES string of the molecule is CCOC(=O)c1ccc(N2C(=O)[C@@H]3Cc4c([nH]c5ccccc45)[C@@H](c4ccc(F)cc4)N3C2=O)cc1. The first-order valence-electron chi connectivity index (χ1n) is 11.8. The molecule has 0 unspecified atom stereocenters. The number of hydrogen-bond donors (Lipinski definition) is 1. The lowest BCUT2D eigenvalue weighted by Gasteiger charge is -2.36. The van der Waals surface area contributed by atoms with Gasteiger partial charge in [0, 0.05) is 23.0 Å². The van der Waals surface area contributed by atoms with E-state index in [1.165, 1.54) is 12.1 Å². The summed E-state index contributed by atoms with van der Waals surface area (Å²) in [5.74, 6) is -1.19. The molecule has 2 aliphatic rings. The van der Waals surface area contributed by atoms with E-state index in [1.54, 1.807) is 48.2 Å². The molecule has 6 rings (SSSR count). The van der Waals surface area contributed by atoms with E-state index in [9.17, 15) is 18.8 Å². The number of anilines is 1. The Kier molecular flexibility index (Phi) is 5.10. The zero-order chi connectivity index (χ0) is 25.0. The van der Waals surface area contributed by atoms with Crippen LogP contribution in [0.2, 0.25) is 0 Å². The molecule has 180 valence electrons. The number of benzene rings is 3. The number of rotatable bonds is 4. The van der Waals surface area contributed by atoms with Gasteiger partial charge in [-0.25, -0.2) is 18.9 Å². The summed E-state index contributed by atoms with van der Waals surface area (Å²) in [7, 11) is 0. The molecule has 7 nitrogen and oxygen atoms in total. The third-order valence-electron chi connectivity index (χ3n) is 6.87. The third kappa shape index (κ3) is 3.29. The van der Waals surface area contributed by atoms with Gasteiger partial charge in [-0.1, -0.05) is 30.3 Å². The molecule has 0 spiro atoms. The number of para-hydroxylation sites is 1. The van der Waals surface area contributed by atoms with Gasteiger partial charge in [0.25, 0.3) is 5.91 Å². The van der Waals surface area contributed by atoms with Gasteiger partial charge in [-0.05, 0) is 60.5 Å². The topological polar surface area (TPSA) is 82.7 Å². The highest BCUT2D eigenvalue weighted by Crippen LogP contribution is 2.44. The van der Waals surface area contributed by atoms with E-state index in [4.69, 9.17) is 4.74 Å². The summed E-state index contributed by atoms with van der Waals surface area (Å²) in [5, 5.41) is 0.997. The van der Waals surface area contributed by atoms with Gasteiger partial charge < -0.3 is 9.72 Å². The average molecular weight is 483 g/mol.